The Balaban J connectivity index is 2.44. The fraction of sp³-hybridized carbons (Fsp3) is 0.357. The minimum absolute atomic E-state index is 0.0184. The Labute approximate surface area is 147 Å². The number of halogens is 2. The zero-order valence-electron chi connectivity index (χ0n) is 12.3. The second-order valence-corrected chi connectivity index (χ2v) is 6.42. The van der Waals surface area contributed by atoms with E-state index in [1.165, 1.54) is 24.8 Å². The molecule has 0 bridgehead atoms. The number of benzene rings is 1. The quantitative estimate of drug-likeness (QED) is 0.601. The van der Waals surface area contributed by atoms with Gasteiger partial charge in [0.25, 0.3) is 5.91 Å². The maximum atomic E-state index is 12.1. The first-order valence-corrected chi connectivity index (χ1v) is 8.56. The number of rotatable bonds is 8. The van der Waals surface area contributed by atoms with Gasteiger partial charge in [0.15, 0.2) is 0 Å². The van der Waals surface area contributed by atoms with Gasteiger partial charge >= 0.3 is 5.97 Å². The summed E-state index contributed by atoms with van der Waals surface area (Å²) in [5.74, 6) is -1.32. The summed E-state index contributed by atoms with van der Waals surface area (Å²) in [5, 5.41) is 14.0. The summed E-state index contributed by atoms with van der Waals surface area (Å²) >= 11 is 13.0. The summed E-state index contributed by atoms with van der Waals surface area (Å²) in [7, 11) is 0. The SMILES string of the molecule is CC(NC(=O)c1cccc(Cl)c1Cl)C(=O)NCCSCC(=O)O. The molecule has 3 N–H and O–H groups in total. The second-order valence-electron chi connectivity index (χ2n) is 4.53. The summed E-state index contributed by atoms with van der Waals surface area (Å²) in [6, 6.07) is 3.90. The molecule has 2 amide bonds. The molecule has 0 aliphatic carbocycles. The van der Waals surface area contributed by atoms with Gasteiger partial charge < -0.3 is 15.7 Å². The zero-order chi connectivity index (χ0) is 17.4. The minimum atomic E-state index is -0.902. The van der Waals surface area contributed by atoms with E-state index in [9.17, 15) is 14.4 Å². The van der Waals surface area contributed by atoms with Gasteiger partial charge in [0.1, 0.15) is 6.04 Å². The summed E-state index contributed by atoms with van der Waals surface area (Å²) < 4.78 is 0. The lowest BCUT2D eigenvalue weighted by Crippen LogP contribution is -2.45. The summed E-state index contributed by atoms with van der Waals surface area (Å²) in [5.41, 5.74) is 0.191. The third-order valence-corrected chi connectivity index (χ3v) is 4.47. The lowest BCUT2D eigenvalue weighted by atomic mass is 10.2. The molecular formula is C14H16Cl2N2O4S. The molecule has 126 valence electrons. The van der Waals surface area contributed by atoms with Crippen LogP contribution < -0.4 is 10.6 Å². The number of hydrogen-bond donors (Lipinski definition) is 3. The number of carboxylic acid groups (broad SMARTS) is 1. The number of aliphatic carboxylic acids is 1. The molecule has 0 saturated heterocycles. The van der Waals surface area contributed by atoms with Crippen LogP contribution in [-0.4, -0.2) is 47.0 Å². The third kappa shape index (κ3) is 6.68. The van der Waals surface area contributed by atoms with Crippen LogP contribution in [0.5, 0.6) is 0 Å². The van der Waals surface area contributed by atoms with Crippen molar-refractivity contribution in [2.24, 2.45) is 0 Å². The predicted octanol–water partition coefficient (Wildman–Crippen LogP) is 2.05. The zero-order valence-corrected chi connectivity index (χ0v) is 14.6. The normalized spacial score (nSPS) is 11.6. The van der Waals surface area contributed by atoms with Crippen molar-refractivity contribution in [2.45, 2.75) is 13.0 Å². The molecule has 1 atom stereocenters. The standard InChI is InChI=1S/C14H16Cl2N2O4S/c1-8(13(21)17-5-6-23-7-11(19)20)18-14(22)9-3-2-4-10(15)12(9)16/h2-4,8H,5-7H2,1H3,(H,17,21)(H,18,22)(H,19,20). The highest BCUT2D eigenvalue weighted by Crippen LogP contribution is 2.25. The van der Waals surface area contributed by atoms with Gasteiger partial charge in [-0.2, -0.15) is 0 Å². The van der Waals surface area contributed by atoms with E-state index in [0.29, 0.717) is 12.3 Å². The van der Waals surface area contributed by atoms with Crippen LogP contribution in [0.1, 0.15) is 17.3 Å². The van der Waals surface area contributed by atoms with Crippen LogP contribution >= 0.6 is 35.0 Å². The number of carbonyl (C=O) groups is 3. The van der Waals surface area contributed by atoms with Gasteiger partial charge in [0, 0.05) is 12.3 Å². The van der Waals surface area contributed by atoms with Crippen LogP contribution in [0.4, 0.5) is 0 Å². The lowest BCUT2D eigenvalue weighted by molar-refractivity contribution is -0.133. The molecule has 9 heteroatoms. The van der Waals surface area contributed by atoms with E-state index in [0.717, 1.165) is 0 Å². The van der Waals surface area contributed by atoms with E-state index in [-0.39, 0.29) is 27.3 Å². The van der Waals surface area contributed by atoms with Gasteiger partial charge in [-0.3, -0.25) is 14.4 Å². The molecular weight excluding hydrogens is 363 g/mol. The minimum Gasteiger partial charge on any atom is -0.481 e. The van der Waals surface area contributed by atoms with E-state index in [4.69, 9.17) is 28.3 Å². The smallest absolute Gasteiger partial charge is 0.313 e. The molecule has 0 aromatic heterocycles. The highest BCUT2D eigenvalue weighted by Gasteiger charge is 2.18. The van der Waals surface area contributed by atoms with Crippen molar-refractivity contribution in [3.05, 3.63) is 33.8 Å². The first kappa shape index (κ1) is 19.6. The summed E-state index contributed by atoms with van der Waals surface area (Å²) in [6.07, 6.45) is 0. The largest absolute Gasteiger partial charge is 0.481 e. The van der Waals surface area contributed by atoms with E-state index in [1.54, 1.807) is 12.1 Å². The first-order chi connectivity index (χ1) is 10.8. The van der Waals surface area contributed by atoms with Gasteiger partial charge in [-0.05, 0) is 19.1 Å². The van der Waals surface area contributed by atoms with Crippen molar-refractivity contribution in [1.82, 2.24) is 10.6 Å². The van der Waals surface area contributed by atoms with Crippen LogP contribution in [-0.2, 0) is 9.59 Å². The van der Waals surface area contributed by atoms with Gasteiger partial charge in [0.2, 0.25) is 5.91 Å². The van der Waals surface area contributed by atoms with E-state index in [2.05, 4.69) is 10.6 Å². The Morgan fingerprint density at radius 1 is 1.30 bits per heavy atom. The molecule has 0 radical (unpaired) electrons. The monoisotopic (exact) mass is 378 g/mol. The molecule has 0 heterocycles. The van der Waals surface area contributed by atoms with E-state index in [1.807, 2.05) is 0 Å². The average Bonchev–Trinajstić information content (AvgIpc) is 2.48. The Bertz CT molecular complexity index is 598. The molecule has 1 unspecified atom stereocenters. The van der Waals surface area contributed by atoms with Gasteiger partial charge in [0.05, 0.1) is 21.4 Å². The molecule has 1 aromatic rings. The molecule has 1 rings (SSSR count). The number of thioether (sulfide) groups is 1. The first-order valence-electron chi connectivity index (χ1n) is 6.65. The average molecular weight is 379 g/mol. The molecule has 0 saturated carbocycles. The Hall–Kier alpha value is -1.44. The number of amides is 2. The highest BCUT2D eigenvalue weighted by atomic mass is 35.5. The Morgan fingerprint density at radius 3 is 2.65 bits per heavy atom. The molecule has 23 heavy (non-hydrogen) atoms. The van der Waals surface area contributed by atoms with Crippen LogP contribution in [0.3, 0.4) is 0 Å². The molecule has 6 nitrogen and oxygen atoms in total. The van der Waals surface area contributed by atoms with Crippen molar-refractivity contribution in [1.29, 1.82) is 0 Å². The molecule has 0 aliphatic rings. The van der Waals surface area contributed by atoms with Gasteiger partial charge in [-0.25, -0.2) is 0 Å². The van der Waals surface area contributed by atoms with Crippen LogP contribution in [0, 0.1) is 0 Å². The van der Waals surface area contributed by atoms with E-state index < -0.39 is 17.9 Å². The molecule has 1 aromatic carbocycles. The number of nitrogens with one attached hydrogen (secondary N) is 2. The third-order valence-electron chi connectivity index (χ3n) is 2.71. The highest BCUT2D eigenvalue weighted by molar-refractivity contribution is 7.99. The van der Waals surface area contributed by atoms with Crippen LogP contribution in [0.15, 0.2) is 18.2 Å². The van der Waals surface area contributed by atoms with Crippen molar-refractivity contribution in [3.8, 4) is 0 Å². The summed E-state index contributed by atoms with van der Waals surface area (Å²) in [4.78, 5) is 34.3. The molecule has 0 spiro atoms. The Kier molecular flexibility index (Phi) is 8.22. The van der Waals surface area contributed by atoms with Crippen molar-refractivity contribution >= 4 is 52.7 Å². The van der Waals surface area contributed by atoms with Gasteiger partial charge in [-0.1, -0.05) is 29.3 Å². The fourth-order valence-corrected chi connectivity index (χ4v) is 2.53. The maximum absolute atomic E-state index is 12.1. The molecule has 0 aliphatic heterocycles. The topological polar surface area (TPSA) is 95.5 Å². The number of carbonyl (C=O) groups excluding carboxylic acids is 2. The van der Waals surface area contributed by atoms with Crippen LogP contribution in [0.2, 0.25) is 10.0 Å². The van der Waals surface area contributed by atoms with Crippen molar-refractivity contribution in [2.75, 3.05) is 18.1 Å². The van der Waals surface area contributed by atoms with Crippen molar-refractivity contribution in [3.63, 3.8) is 0 Å². The Morgan fingerprint density at radius 2 is 2.00 bits per heavy atom. The lowest BCUT2D eigenvalue weighted by Gasteiger charge is -2.14. The van der Waals surface area contributed by atoms with E-state index >= 15 is 0 Å². The maximum Gasteiger partial charge on any atom is 0.313 e. The fourth-order valence-electron chi connectivity index (χ4n) is 1.58. The number of carboxylic acids is 1. The second kappa shape index (κ2) is 9.64. The van der Waals surface area contributed by atoms with Crippen molar-refractivity contribution < 1.29 is 19.5 Å². The predicted molar refractivity (Wildman–Crippen MR) is 91.4 cm³/mol. The number of hydrogen-bond acceptors (Lipinski definition) is 4. The van der Waals surface area contributed by atoms with Gasteiger partial charge in [-0.15, -0.1) is 11.8 Å². The van der Waals surface area contributed by atoms with Crippen LogP contribution in [0.25, 0.3) is 0 Å². The molecule has 0 fully saturated rings. The summed E-state index contributed by atoms with van der Waals surface area (Å²) in [6.45, 7) is 1.85.